The number of ether oxygens (including phenoxy) is 2. The van der Waals surface area contributed by atoms with Crippen molar-refractivity contribution in [2.45, 2.75) is 0 Å². The highest BCUT2D eigenvalue weighted by molar-refractivity contribution is 7.12. The van der Waals surface area contributed by atoms with E-state index in [9.17, 15) is 0 Å². The number of rotatable bonds is 7. The molecule has 2 aromatic heterocycles. The summed E-state index contributed by atoms with van der Waals surface area (Å²) in [5.41, 5.74) is 0. The third kappa shape index (κ3) is 4.60. The second-order valence-corrected chi connectivity index (χ2v) is 6.28. The fraction of sp³-hybridized carbons (Fsp3) is 0.222. The van der Waals surface area contributed by atoms with Crippen LogP contribution in [0.15, 0.2) is 65.6 Å². The van der Waals surface area contributed by atoms with Gasteiger partial charge in [-0.1, -0.05) is 18.2 Å². The van der Waals surface area contributed by atoms with Crippen LogP contribution in [0.2, 0.25) is 0 Å². The monoisotopic (exact) mass is 356 g/mol. The molecule has 0 radical (unpaired) electrons. The van der Waals surface area contributed by atoms with Crippen molar-refractivity contribution in [1.29, 1.82) is 0 Å². The highest BCUT2D eigenvalue weighted by Gasteiger charge is 2.15. The van der Waals surface area contributed by atoms with Crippen LogP contribution < -0.4 is 9.47 Å². The van der Waals surface area contributed by atoms with Gasteiger partial charge in [-0.15, -0.1) is 11.3 Å². The molecule has 7 heteroatoms. The van der Waals surface area contributed by atoms with Crippen molar-refractivity contribution >= 4 is 17.2 Å². The first-order valence-electron chi connectivity index (χ1n) is 7.87. The van der Waals surface area contributed by atoms with Gasteiger partial charge in [-0.2, -0.15) is 5.10 Å². The Hall–Kier alpha value is -2.80. The molecule has 0 aliphatic rings. The van der Waals surface area contributed by atoms with Gasteiger partial charge in [0, 0.05) is 26.5 Å². The summed E-state index contributed by atoms with van der Waals surface area (Å²) in [5, 5.41) is 8.32. The van der Waals surface area contributed by atoms with Crippen LogP contribution in [0, 0.1) is 0 Å². The molecule has 0 fully saturated rings. The Morgan fingerprint density at radius 3 is 2.68 bits per heavy atom. The van der Waals surface area contributed by atoms with E-state index in [1.54, 1.807) is 28.9 Å². The third-order valence-corrected chi connectivity index (χ3v) is 4.12. The molecule has 3 aromatic rings. The summed E-state index contributed by atoms with van der Waals surface area (Å²) in [6.07, 6.45) is 5.32. The lowest BCUT2D eigenvalue weighted by Gasteiger charge is -2.13. The Labute approximate surface area is 151 Å². The molecule has 3 rings (SSSR count). The summed E-state index contributed by atoms with van der Waals surface area (Å²) in [6.45, 7) is 0.933. The molecule has 6 nitrogen and oxygen atoms in total. The van der Waals surface area contributed by atoms with E-state index in [1.807, 2.05) is 66.6 Å². The average Bonchev–Trinajstić information content (AvgIpc) is 3.29. The summed E-state index contributed by atoms with van der Waals surface area (Å²) in [7, 11) is 3.78. The molecular formula is C18H20N4O2S. The van der Waals surface area contributed by atoms with Gasteiger partial charge in [0.15, 0.2) is 5.84 Å². The standard InChI is InChI=1S/C18H20N4O2S/c1-21(2)20-18(22-10-9-19-14-22)17-16(8-13-25-17)24-12-11-23-15-6-4-3-5-7-15/h3-10,13-14H,11-12H2,1-2H3. The van der Waals surface area contributed by atoms with Gasteiger partial charge in [0.1, 0.15) is 35.9 Å². The molecule has 0 unspecified atom stereocenters. The first-order chi connectivity index (χ1) is 12.2. The first kappa shape index (κ1) is 17.0. The van der Waals surface area contributed by atoms with Crippen molar-refractivity contribution < 1.29 is 9.47 Å². The number of imidazole rings is 1. The zero-order chi connectivity index (χ0) is 17.5. The van der Waals surface area contributed by atoms with E-state index in [0.29, 0.717) is 13.2 Å². The molecule has 0 saturated carbocycles. The van der Waals surface area contributed by atoms with Gasteiger partial charge in [-0.3, -0.25) is 4.57 Å². The van der Waals surface area contributed by atoms with Crippen molar-refractivity contribution in [2.24, 2.45) is 5.10 Å². The van der Waals surface area contributed by atoms with Gasteiger partial charge in [-0.05, 0) is 23.6 Å². The van der Waals surface area contributed by atoms with Crippen LogP contribution in [0.4, 0.5) is 0 Å². The summed E-state index contributed by atoms with van der Waals surface area (Å²) in [6, 6.07) is 11.7. The van der Waals surface area contributed by atoms with Crippen LogP contribution in [0.25, 0.3) is 0 Å². The lowest BCUT2D eigenvalue weighted by atomic mass is 10.3. The maximum Gasteiger partial charge on any atom is 0.179 e. The van der Waals surface area contributed by atoms with Gasteiger partial charge < -0.3 is 14.5 Å². The lowest BCUT2D eigenvalue weighted by Crippen LogP contribution is -2.17. The van der Waals surface area contributed by atoms with Gasteiger partial charge >= 0.3 is 0 Å². The topological polar surface area (TPSA) is 51.9 Å². The normalized spacial score (nSPS) is 11.4. The van der Waals surface area contributed by atoms with E-state index in [-0.39, 0.29) is 0 Å². The maximum absolute atomic E-state index is 5.91. The van der Waals surface area contributed by atoms with Crippen molar-refractivity contribution in [3.63, 3.8) is 0 Å². The highest BCUT2D eigenvalue weighted by atomic mass is 32.1. The predicted molar refractivity (Wildman–Crippen MR) is 99.6 cm³/mol. The minimum Gasteiger partial charge on any atom is -0.490 e. The molecule has 1 aromatic carbocycles. The number of aromatic nitrogens is 2. The van der Waals surface area contributed by atoms with Gasteiger partial charge in [0.25, 0.3) is 0 Å². The second kappa shape index (κ2) is 8.34. The van der Waals surface area contributed by atoms with E-state index in [0.717, 1.165) is 22.2 Å². The average molecular weight is 356 g/mol. The van der Waals surface area contributed by atoms with Crippen LogP contribution in [0.1, 0.15) is 4.88 Å². The molecule has 0 N–H and O–H groups in total. The summed E-state index contributed by atoms with van der Waals surface area (Å²) in [4.78, 5) is 5.06. The van der Waals surface area contributed by atoms with Crippen molar-refractivity contribution in [3.8, 4) is 11.5 Å². The molecule has 0 aliphatic heterocycles. The van der Waals surface area contributed by atoms with E-state index >= 15 is 0 Å². The van der Waals surface area contributed by atoms with Crippen LogP contribution >= 0.6 is 11.3 Å². The first-order valence-corrected chi connectivity index (χ1v) is 8.75. The summed E-state index contributed by atoms with van der Waals surface area (Å²) >= 11 is 1.58. The minimum absolute atomic E-state index is 0.456. The fourth-order valence-electron chi connectivity index (χ4n) is 2.19. The Kier molecular flexibility index (Phi) is 5.69. The predicted octanol–water partition coefficient (Wildman–Crippen LogP) is 3.17. The molecule has 0 atom stereocenters. The van der Waals surface area contributed by atoms with Gasteiger partial charge in [-0.25, -0.2) is 4.98 Å². The van der Waals surface area contributed by atoms with Crippen molar-refractivity contribution in [1.82, 2.24) is 14.6 Å². The summed E-state index contributed by atoms with van der Waals surface area (Å²) < 4.78 is 13.5. The van der Waals surface area contributed by atoms with Crippen LogP contribution in [-0.2, 0) is 0 Å². The van der Waals surface area contributed by atoms with Crippen LogP contribution in [-0.4, -0.2) is 47.7 Å². The van der Waals surface area contributed by atoms with E-state index in [1.165, 1.54) is 0 Å². The number of hydrazone groups is 1. The van der Waals surface area contributed by atoms with Crippen molar-refractivity contribution in [3.05, 3.63) is 65.4 Å². The van der Waals surface area contributed by atoms with Crippen molar-refractivity contribution in [2.75, 3.05) is 27.3 Å². The van der Waals surface area contributed by atoms with Crippen LogP contribution in [0.5, 0.6) is 11.5 Å². The Bertz CT molecular complexity index is 798. The summed E-state index contributed by atoms with van der Waals surface area (Å²) in [5.74, 6) is 2.40. The minimum atomic E-state index is 0.456. The zero-order valence-electron chi connectivity index (χ0n) is 14.2. The van der Waals surface area contributed by atoms with Gasteiger partial charge in [0.05, 0.1) is 0 Å². The highest BCUT2D eigenvalue weighted by Crippen LogP contribution is 2.26. The Morgan fingerprint density at radius 1 is 1.16 bits per heavy atom. The largest absolute Gasteiger partial charge is 0.490 e. The number of hydrogen-bond acceptors (Lipinski definition) is 6. The third-order valence-electron chi connectivity index (χ3n) is 3.23. The van der Waals surface area contributed by atoms with Crippen LogP contribution in [0.3, 0.4) is 0 Å². The fourth-order valence-corrected chi connectivity index (χ4v) is 3.01. The number of nitrogens with zero attached hydrogens (tertiary/aromatic N) is 4. The second-order valence-electron chi connectivity index (χ2n) is 5.36. The number of benzene rings is 1. The molecule has 25 heavy (non-hydrogen) atoms. The molecule has 0 aliphatic carbocycles. The molecule has 0 bridgehead atoms. The smallest absolute Gasteiger partial charge is 0.179 e. The van der Waals surface area contributed by atoms with E-state index in [4.69, 9.17) is 9.47 Å². The Morgan fingerprint density at radius 2 is 1.96 bits per heavy atom. The molecule has 2 heterocycles. The zero-order valence-corrected chi connectivity index (χ0v) is 15.0. The van der Waals surface area contributed by atoms with Gasteiger partial charge in [0.2, 0.25) is 0 Å². The maximum atomic E-state index is 5.91. The molecule has 0 amide bonds. The molecule has 130 valence electrons. The van der Waals surface area contributed by atoms with E-state index < -0.39 is 0 Å². The number of hydrogen-bond donors (Lipinski definition) is 0. The molecular weight excluding hydrogens is 336 g/mol. The lowest BCUT2D eigenvalue weighted by molar-refractivity contribution is 0.217. The van der Waals surface area contributed by atoms with E-state index in [2.05, 4.69) is 10.1 Å². The number of para-hydroxylation sites is 1. The molecule has 0 spiro atoms. The Balaban J connectivity index is 1.67. The SMILES string of the molecule is CN(C)N=C(c1sccc1OCCOc1ccccc1)n1ccnc1. The number of thiophene rings is 1. The quantitative estimate of drug-likeness (QED) is 0.282. The molecule has 0 saturated heterocycles.